The van der Waals surface area contributed by atoms with Crippen molar-refractivity contribution in [3.05, 3.63) is 95.0 Å². The van der Waals surface area contributed by atoms with E-state index in [1.54, 1.807) is 42.5 Å². The lowest BCUT2D eigenvalue weighted by Gasteiger charge is -2.35. The molecule has 0 spiro atoms. The van der Waals surface area contributed by atoms with Crippen LogP contribution in [0.3, 0.4) is 0 Å². The minimum absolute atomic E-state index is 0.0516. The third-order valence-electron chi connectivity index (χ3n) is 6.21. The molecule has 0 radical (unpaired) electrons. The first-order valence-corrected chi connectivity index (χ1v) is 14.6. The number of rotatable bonds is 10. The number of aryl methyl sites for hydroxylation is 1. The van der Waals surface area contributed by atoms with Crippen LogP contribution in [0.5, 0.6) is 0 Å². The number of nitrogens with zero attached hydrogens (tertiary/aromatic N) is 2. The van der Waals surface area contributed by atoms with Crippen LogP contribution in [0.25, 0.3) is 0 Å². The van der Waals surface area contributed by atoms with Crippen molar-refractivity contribution in [3.8, 4) is 0 Å². The van der Waals surface area contributed by atoms with Crippen molar-refractivity contribution >= 4 is 39.1 Å². The van der Waals surface area contributed by atoms with Gasteiger partial charge in [-0.25, -0.2) is 8.42 Å². The highest BCUT2D eigenvalue weighted by atomic mass is 35.5. The van der Waals surface area contributed by atoms with E-state index in [1.165, 1.54) is 17.0 Å². The van der Waals surface area contributed by atoms with E-state index in [-0.39, 0.29) is 17.3 Å². The van der Waals surface area contributed by atoms with Crippen molar-refractivity contribution in [1.82, 2.24) is 10.2 Å². The molecule has 208 valence electrons. The molecule has 3 aromatic carbocycles. The average Bonchev–Trinajstić information content (AvgIpc) is 2.88. The highest BCUT2D eigenvalue weighted by Gasteiger charge is 2.34. The molecule has 9 heteroatoms. The third-order valence-corrected chi connectivity index (χ3v) is 8.25. The summed E-state index contributed by atoms with van der Waals surface area (Å²) in [5.41, 5.74) is 1.62. The van der Waals surface area contributed by atoms with Crippen LogP contribution in [0, 0.1) is 6.92 Å². The second-order valence-corrected chi connectivity index (χ2v) is 12.7. The average molecular weight is 570 g/mol. The van der Waals surface area contributed by atoms with Crippen molar-refractivity contribution in [1.29, 1.82) is 0 Å². The van der Waals surface area contributed by atoms with Gasteiger partial charge in [0.15, 0.2) is 0 Å². The zero-order valence-corrected chi connectivity index (χ0v) is 24.6. The molecule has 0 saturated heterocycles. The maximum absolute atomic E-state index is 14.1. The number of carbonyl (C=O) groups is 2. The molecular weight excluding hydrogens is 534 g/mol. The van der Waals surface area contributed by atoms with Gasteiger partial charge in [0.25, 0.3) is 10.0 Å². The Morgan fingerprint density at radius 3 is 2.08 bits per heavy atom. The van der Waals surface area contributed by atoms with Crippen LogP contribution in [0.4, 0.5) is 5.69 Å². The van der Waals surface area contributed by atoms with E-state index in [4.69, 9.17) is 11.6 Å². The number of amides is 2. The zero-order chi connectivity index (χ0) is 28.8. The molecule has 0 bridgehead atoms. The number of anilines is 1. The molecule has 3 aromatic rings. The number of halogens is 1. The van der Waals surface area contributed by atoms with Crippen LogP contribution >= 0.6 is 11.6 Å². The van der Waals surface area contributed by atoms with Crippen molar-refractivity contribution in [2.75, 3.05) is 10.8 Å². The van der Waals surface area contributed by atoms with Gasteiger partial charge in [-0.3, -0.25) is 13.9 Å². The molecule has 0 unspecified atom stereocenters. The maximum Gasteiger partial charge on any atom is 0.264 e. The number of hydrogen-bond acceptors (Lipinski definition) is 4. The van der Waals surface area contributed by atoms with Gasteiger partial charge >= 0.3 is 0 Å². The first kappa shape index (κ1) is 30.2. The fraction of sp³-hybridized carbons (Fsp3) is 0.333. The smallest absolute Gasteiger partial charge is 0.264 e. The Bertz CT molecular complexity index is 1390. The Kier molecular flexibility index (Phi) is 9.80. The summed E-state index contributed by atoms with van der Waals surface area (Å²) in [5, 5.41) is 3.41. The molecule has 0 aliphatic carbocycles. The van der Waals surface area contributed by atoms with E-state index in [0.717, 1.165) is 15.4 Å². The Hall–Kier alpha value is -3.36. The van der Waals surface area contributed by atoms with E-state index in [9.17, 15) is 18.0 Å². The van der Waals surface area contributed by atoms with Gasteiger partial charge in [0, 0.05) is 17.1 Å². The summed E-state index contributed by atoms with van der Waals surface area (Å²) in [4.78, 5) is 29.0. The molecule has 0 aliphatic heterocycles. The summed E-state index contributed by atoms with van der Waals surface area (Å²) in [5.74, 6) is -0.792. The van der Waals surface area contributed by atoms with Crippen molar-refractivity contribution < 1.29 is 18.0 Å². The molecule has 7 nitrogen and oxygen atoms in total. The monoisotopic (exact) mass is 569 g/mol. The van der Waals surface area contributed by atoms with E-state index in [0.29, 0.717) is 17.1 Å². The minimum Gasteiger partial charge on any atom is -0.350 e. The summed E-state index contributed by atoms with van der Waals surface area (Å²) in [6.45, 7) is 9.06. The van der Waals surface area contributed by atoms with E-state index < -0.39 is 34.1 Å². The van der Waals surface area contributed by atoms with E-state index in [1.807, 2.05) is 58.9 Å². The van der Waals surface area contributed by atoms with Gasteiger partial charge in [0.05, 0.1) is 10.6 Å². The predicted molar refractivity (Wildman–Crippen MR) is 156 cm³/mol. The fourth-order valence-corrected chi connectivity index (χ4v) is 5.76. The lowest BCUT2D eigenvalue weighted by Crippen LogP contribution is -2.55. The van der Waals surface area contributed by atoms with Crippen LogP contribution in [-0.4, -0.2) is 43.3 Å². The van der Waals surface area contributed by atoms with Gasteiger partial charge < -0.3 is 10.2 Å². The first-order chi connectivity index (χ1) is 18.3. The lowest BCUT2D eigenvalue weighted by atomic mass is 10.0. The van der Waals surface area contributed by atoms with Gasteiger partial charge in [-0.15, -0.1) is 0 Å². The number of hydrogen-bond donors (Lipinski definition) is 1. The van der Waals surface area contributed by atoms with Gasteiger partial charge in [-0.2, -0.15) is 0 Å². The number of nitrogens with one attached hydrogen (secondary N) is 1. The molecule has 0 aromatic heterocycles. The summed E-state index contributed by atoms with van der Waals surface area (Å²) in [6.07, 6.45) is 0.353. The third kappa shape index (κ3) is 7.83. The molecule has 2 amide bonds. The summed E-state index contributed by atoms with van der Waals surface area (Å²) in [6, 6.07) is 21.0. The Morgan fingerprint density at radius 2 is 1.51 bits per heavy atom. The Balaban J connectivity index is 2.07. The van der Waals surface area contributed by atoms with Gasteiger partial charge in [-0.1, -0.05) is 61.0 Å². The second-order valence-electron chi connectivity index (χ2n) is 10.4. The highest BCUT2D eigenvalue weighted by Crippen LogP contribution is 2.26. The standard InChI is InChI=1S/C30H36ClN3O4S/c1-6-27(29(36)32-30(3,4)5)33(20-23-13-11-10-12-22(23)2)28(35)21-34(25-18-16-24(31)17-19-25)39(37,38)26-14-8-7-9-15-26/h7-19,27H,6,20-21H2,1-5H3,(H,32,36)/t27-/m0/s1. The first-order valence-electron chi connectivity index (χ1n) is 12.8. The molecule has 1 N–H and O–H groups in total. The van der Waals surface area contributed by atoms with E-state index in [2.05, 4.69) is 5.32 Å². The molecule has 3 rings (SSSR count). The van der Waals surface area contributed by atoms with Crippen LogP contribution < -0.4 is 9.62 Å². The van der Waals surface area contributed by atoms with Gasteiger partial charge in [0.2, 0.25) is 11.8 Å². The minimum atomic E-state index is -4.12. The highest BCUT2D eigenvalue weighted by molar-refractivity contribution is 7.92. The van der Waals surface area contributed by atoms with E-state index >= 15 is 0 Å². The zero-order valence-electron chi connectivity index (χ0n) is 23.0. The van der Waals surface area contributed by atoms with Crippen LogP contribution in [0.2, 0.25) is 5.02 Å². The molecule has 0 saturated carbocycles. The van der Waals surface area contributed by atoms with Gasteiger partial charge in [0.1, 0.15) is 12.6 Å². The Morgan fingerprint density at radius 1 is 0.923 bits per heavy atom. The van der Waals surface area contributed by atoms with Crippen molar-refractivity contribution in [2.24, 2.45) is 0 Å². The number of sulfonamides is 1. The molecule has 0 fully saturated rings. The molecule has 39 heavy (non-hydrogen) atoms. The quantitative estimate of drug-likeness (QED) is 0.346. The summed E-state index contributed by atoms with van der Waals surface area (Å²) < 4.78 is 28.7. The van der Waals surface area contributed by atoms with Crippen LogP contribution in [0.1, 0.15) is 45.2 Å². The lowest BCUT2D eigenvalue weighted by molar-refractivity contribution is -0.141. The molecule has 0 heterocycles. The fourth-order valence-electron chi connectivity index (χ4n) is 4.20. The topological polar surface area (TPSA) is 86.8 Å². The van der Waals surface area contributed by atoms with Crippen molar-refractivity contribution in [2.45, 2.75) is 64.1 Å². The Labute approximate surface area is 236 Å². The molecular formula is C30H36ClN3O4S. The second kappa shape index (κ2) is 12.7. The van der Waals surface area contributed by atoms with Gasteiger partial charge in [-0.05, 0) is 81.6 Å². The normalized spacial score (nSPS) is 12.5. The van der Waals surface area contributed by atoms with Crippen molar-refractivity contribution in [3.63, 3.8) is 0 Å². The maximum atomic E-state index is 14.1. The summed E-state index contributed by atoms with van der Waals surface area (Å²) >= 11 is 6.07. The molecule has 0 aliphatic rings. The predicted octanol–water partition coefficient (Wildman–Crippen LogP) is 5.57. The van der Waals surface area contributed by atoms with Crippen LogP contribution in [0.15, 0.2) is 83.8 Å². The van der Waals surface area contributed by atoms with Crippen LogP contribution in [-0.2, 0) is 26.2 Å². The SMILES string of the molecule is CC[C@@H](C(=O)NC(C)(C)C)N(Cc1ccccc1C)C(=O)CN(c1ccc(Cl)cc1)S(=O)(=O)c1ccccc1. The largest absolute Gasteiger partial charge is 0.350 e. The number of carbonyl (C=O) groups excluding carboxylic acids is 2. The molecule has 1 atom stereocenters. The number of benzene rings is 3. The summed E-state index contributed by atoms with van der Waals surface area (Å²) in [7, 11) is -4.12.